The lowest BCUT2D eigenvalue weighted by atomic mass is 10.4. The molecule has 0 aromatic rings. The molecule has 0 rings (SSSR count). The van der Waals surface area contributed by atoms with Crippen LogP contribution in [0.15, 0.2) is 12.2 Å². The molecule has 0 aromatic carbocycles. The van der Waals surface area contributed by atoms with Gasteiger partial charge in [0.15, 0.2) is 6.10 Å². The van der Waals surface area contributed by atoms with E-state index >= 15 is 0 Å². The first kappa shape index (κ1) is 19.6. The van der Waals surface area contributed by atoms with Crippen LogP contribution in [0.2, 0.25) is 0 Å². The fourth-order valence-corrected chi connectivity index (χ4v) is 1.10. The molecule has 0 N–H and O–H groups in total. The summed E-state index contributed by atoms with van der Waals surface area (Å²) in [5.74, 6) is -2.50. The van der Waals surface area contributed by atoms with Gasteiger partial charge in [-0.1, -0.05) is 13.8 Å². The number of esters is 4. The second kappa shape index (κ2) is 11.3. The first-order valence-corrected chi connectivity index (χ1v) is 6.70. The minimum Gasteiger partial charge on any atom is -0.466 e. The Hall–Kier alpha value is -2.38. The summed E-state index contributed by atoms with van der Waals surface area (Å²) in [6.07, 6.45) is 1.18. The Morgan fingerprint density at radius 2 is 1.41 bits per heavy atom. The number of hydrogen-bond acceptors (Lipinski definition) is 8. The summed E-state index contributed by atoms with van der Waals surface area (Å²) >= 11 is 0. The molecule has 0 saturated carbocycles. The molecule has 0 fully saturated rings. The van der Waals surface area contributed by atoms with Crippen molar-refractivity contribution in [1.82, 2.24) is 0 Å². The standard InChI is InChI=1S/C14H20O8/c1-4-11(15)20-8-10(22-12(16)5-2)9-21-14(18)7-6-13(17)19-3/h6-7,10H,4-5,8-9H2,1-3H3/b7-6+/t10-/m1/s1. The Morgan fingerprint density at radius 3 is 1.95 bits per heavy atom. The van der Waals surface area contributed by atoms with Crippen LogP contribution in [0.4, 0.5) is 0 Å². The van der Waals surface area contributed by atoms with Gasteiger partial charge in [0.05, 0.1) is 7.11 Å². The van der Waals surface area contributed by atoms with Gasteiger partial charge in [0, 0.05) is 25.0 Å². The Kier molecular flexibility index (Phi) is 10.1. The molecule has 22 heavy (non-hydrogen) atoms. The van der Waals surface area contributed by atoms with Gasteiger partial charge in [0.2, 0.25) is 0 Å². The first-order chi connectivity index (χ1) is 10.4. The number of methoxy groups -OCH3 is 1. The molecule has 1 atom stereocenters. The molecular formula is C14H20O8. The fourth-order valence-electron chi connectivity index (χ4n) is 1.10. The molecule has 0 aliphatic carbocycles. The monoisotopic (exact) mass is 316 g/mol. The SMILES string of the molecule is CCC(=O)OC[C@H](COC(=O)/C=C/C(=O)OC)OC(=O)CC. The summed E-state index contributed by atoms with van der Waals surface area (Å²) in [5, 5.41) is 0. The van der Waals surface area contributed by atoms with E-state index in [1.165, 1.54) is 7.11 Å². The summed E-state index contributed by atoms with van der Waals surface area (Å²) in [4.78, 5) is 44.5. The van der Waals surface area contributed by atoms with Crippen LogP contribution in [-0.2, 0) is 38.1 Å². The van der Waals surface area contributed by atoms with Gasteiger partial charge < -0.3 is 18.9 Å². The van der Waals surface area contributed by atoms with Crippen LogP contribution >= 0.6 is 0 Å². The predicted molar refractivity (Wildman–Crippen MR) is 73.5 cm³/mol. The molecule has 8 nitrogen and oxygen atoms in total. The minimum absolute atomic E-state index is 0.133. The van der Waals surface area contributed by atoms with Crippen LogP contribution in [0.5, 0.6) is 0 Å². The number of hydrogen-bond donors (Lipinski definition) is 0. The maximum Gasteiger partial charge on any atom is 0.331 e. The molecule has 0 spiro atoms. The van der Waals surface area contributed by atoms with Crippen molar-refractivity contribution in [2.75, 3.05) is 20.3 Å². The predicted octanol–water partition coefficient (Wildman–Crippen LogP) is 0.534. The molecule has 0 aliphatic rings. The molecule has 0 amide bonds. The lowest BCUT2D eigenvalue weighted by Gasteiger charge is -2.17. The largest absolute Gasteiger partial charge is 0.466 e. The Morgan fingerprint density at radius 1 is 0.864 bits per heavy atom. The first-order valence-electron chi connectivity index (χ1n) is 6.70. The van der Waals surface area contributed by atoms with E-state index < -0.39 is 30.0 Å². The summed E-state index contributed by atoms with van der Waals surface area (Å²) < 4.78 is 18.9. The van der Waals surface area contributed by atoms with Crippen molar-refractivity contribution in [2.45, 2.75) is 32.8 Å². The second-order valence-corrected chi connectivity index (χ2v) is 3.99. The van der Waals surface area contributed by atoms with E-state index in [1.807, 2.05) is 0 Å². The van der Waals surface area contributed by atoms with Gasteiger partial charge in [-0.05, 0) is 0 Å². The van der Waals surface area contributed by atoms with Crippen LogP contribution < -0.4 is 0 Å². The van der Waals surface area contributed by atoms with Crippen molar-refractivity contribution in [3.05, 3.63) is 12.2 Å². The highest BCUT2D eigenvalue weighted by Crippen LogP contribution is 2.00. The molecule has 0 bridgehead atoms. The maximum atomic E-state index is 11.4. The molecule has 0 radical (unpaired) electrons. The summed E-state index contributed by atoms with van der Waals surface area (Å²) in [6, 6.07) is 0. The van der Waals surface area contributed by atoms with E-state index in [1.54, 1.807) is 13.8 Å². The van der Waals surface area contributed by atoms with Gasteiger partial charge in [-0.2, -0.15) is 0 Å². The zero-order chi connectivity index (χ0) is 17.0. The highest BCUT2D eigenvalue weighted by molar-refractivity contribution is 5.91. The number of ether oxygens (including phenoxy) is 4. The van der Waals surface area contributed by atoms with Crippen LogP contribution in [0.1, 0.15) is 26.7 Å². The third kappa shape index (κ3) is 9.51. The van der Waals surface area contributed by atoms with E-state index in [-0.39, 0.29) is 26.1 Å². The number of rotatable bonds is 9. The molecule has 124 valence electrons. The van der Waals surface area contributed by atoms with Gasteiger partial charge in [0.25, 0.3) is 0 Å². The zero-order valence-corrected chi connectivity index (χ0v) is 12.8. The van der Waals surface area contributed by atoms with Crippen LogP contribution in [0, 0.1) is 0 Å². The fraction of sp³-hybridized carbons (Fsp3) is 0.571. The highest BCUT2D eigenvalue weighted by atomic mass is 16.6. The van der Waals surface area contributed by atoms with Crippen LogP contribution in [-0.4, -0.2) is 50.3 Å². The van der Waals surface area contributed by atoms with Crippen molar-refractivity contribution in [1.29, 1.82) is 0 Å². The number of carbonyl (C=O) groups excluding carboxylic acids is 4. The van der Waals surface area contributed by atoms with E-state index in [0.717, 1.165) is 12.2 Å². The van der Waals surface area contributed by atoms with E-state index in [9.17, 15) is 19.2 Å². The van der Waals surface area contributed by atoms with Gasteiger partial charge in [0.1, 0.15) is 13.2 Å². The van der Waals surface area contributed by atoms with Crippen molar-refractivity contribution < 1.29 is 38.1 Å². The Bertz CT molecular complexity index is 427. The summed E-state index contributed by atoms with van der Waals surface area (Å²) in [6.45, 7) is 2.70. The van der Waals surface area contributed by atoms with Crippen molar-refractivity contribution >= 4 is 23.9 Å². The van der Waals surface area contributed by atoms with Crippen molar-refractivity contribution in [3.63, 3.8) is 0 Å². The van der Waals surface area contributed by atoms with Crippen molar-refractivity contribution in [3.8, 4) is 0 Å². The lowest BCUT2D eigenvalue weighted by molar-refractivity contribution is -0.165. The van der Waals surface area contributed by atoms with Gasteiger partial charge >= 0.3 is 23.9 Å². The third-order valence-electron chi connectivity index (χ3n) is 2.27. The smallest absolute Gasteiger partial charge is 0.331 e. The van der Waals surface area contributed by atoms with Crippen LogP contribution in [0.3, 0.4) is 0 Å². The van der Waals surface area contributed by atoms with E-state index in [0.29, 0.717) is 0 Å². The second-order valence-electron chi connectivity index (χ2n) is 3.99. The van der Waals surface area contributed by atoms with E-state index in [4.69, 9.17) is 14.2 Å². The van der Waals surface area contributed by atoms with Crippen LogP contribution in [0.25, 0.3) is 0 Å². The topological polar surface area (TPSA) is 105 Å². The Balaban J connectivity index is 4.40. The molecule has 0 heterocycles. The average Bonchev–Trinajstić information content (AvgIpc) is 2.53. The quantitative estimate of drug-likeness (QED) is 0.345. The summed E-state index contributed by atoms with van der Waals surface area (Å²) in [5.41, 5.74) is 0. The number of carbonyl (C=O) groups is 4. The molecule has 0 aromatic heterocycles. The van der Waals surface area contributed by atoms with Gasteiger partial charge in [-0.3, -0.25) is 9.59 Å². The molecular weight excluding hydrogens is 296 g/mol. The lowest BCUT2D eigenvalue weighted by Crippen LogP contribution is -2.30. The van der Waals surface area contributed by atoms with Gasteiger partial charge in [-0.15, -0.1) is 0 Å². The van der Waals surface area contributed by atoms with Crippen molar-refractivity contribution in [2.24, 2.45) is 0 Å². The van der Waals surface area contributed by atoms with E-state index in [2.05, 4.69) is 4.74 Å². The maximum absolute atomic E-state index is 11.4. The zero-order valence-electron chi connectivity index (χ0n) is 12.8. The average molecular weight is 316 g/mol. The molecule has 0 aliphatic heterocycles. The summed E-state index contributed by atoms with van der Waals surface area (Å²) in [7, 11) is 1.17. The molecule has 8 heteroatoms. The highest BCUT2D eigenvalue weighted by Gasteiger charge is 2.17. The Labute approximate surface area is 128 Å². The van der Waals surface area contributed by atoms with Gasteiger partial charge in [-0.25, -0.2) is 9.59 Å². The minimum atomic E-state index is -0.904. The third-order valence-corrected chi connectivity index (χ3v) is 2.27. The normalized spacial score (nSPS) is 11.6. The molecule has 0 saturated heterocycles. The molecule has 0 unspecified atom stereocenters.